The van der Waals surface area contributed by atoms with Crippen LogP contribution in [0, 0.1) is 17.1 Å². The molecule has 4 heteroatoms. The Kier molecular flexibility index (Phi) is 4.57. The lowest BCUT2D eigenvalue weighted by Crippen LogP contribution is -1.91. The first-order valence-electron chi connectivity index (χ1n) is 6.27. The predicted molar refractivity (Wildman–Crippen MR) is 79.4 cm³/mol. The Labute approximate surface area is 122 Å². The fourth-order valence-electron chi connectivity index (χ4n) is 1.95. The maximum atomic E-state index is 13.2. The van der Waals surface area contributed by atoms with E-state index in [4.69, 9.17) is 9.47 Å². The van der Waals surface area contributed by atoms with Crippen LogP contribution in [-0.4, -0.2) is 14.2 Å². The fourth-order valence-corrected chi connectivity index (χ4v) is 1.95. The molecule has 0 saturated carbocycles. The number of rotatable bonds is 4. The van der Waals surface area contributed by atoms with E-state index in [2.05, 4.69) is 6.07 Å². The number of allylic oxidation sites excluding steroid dienone is 1. The summed E-state index contributed by atoms with van der Waals surface area (Å²) in [7, 11) is 3.10. The molecule has 0 aromatic heterocycles. The summed E-state index contributed by atoms with van der Waals surface area (Å²) in [4.78, 5) is 0. The zero-order valence-electron chi connectivity index (χ0n) is 11.8. The molecule has 0 fully saturated rings. The number of hydrogen-bond acceptors (Lipinski definition) is 3. The molecular formula is C17H14FNO2. The second-order valence-corrected chi connectivity index (χ2v) is 4.29. The molecule has 0 aliphatic carbocycles. The van der Waals surface area contributed by atoms with Gasteiger partial charge in [0.15, 0.2) is 11.5 Å². The van der Waals surface area contributed by atoms with E-state index in [0.717, 1.165) is 5.56 Å². The number of benzene rings is 2. The van der Waals surface area contributed by atoms with Gasteiger partial charge in [-0.2, -0.15) is 5.26 Å². The van der Waals surface area contributed by atoms with Crippen molar-refractivity contribution in [1.29, 1.82) is 5.26 Å². The van der Waals surface area contributed by atoms with E-state index >= 15 is 0 Å². The lowest BCUT2D eigenvalue weighted by molar-refractivity contribution is 0.355. The van der Waals surface area contributed by atoms with Crippen molar-refractivity contribution in [2.75, 3.05) is 14.2 Å². The second-order valence-electron chi connectivity index (χ2n) is 4.29. The molecule has 0 aliphatic heterocycles. The largest absolute Gasteiger partial charge is 0.493 e. The normalized spacial score (nSPS) is 10.9. The third-order valence-electron chi connectivity index (χ3n) is 2.97. The molecule has 21 heavy (non-hydrogen) atoms. The van der Waals surface area contributed by atoms with Crippen molar-refractivity contribution in [1.82, 2.24) is 0 Å². The first-order valence-corrected chi connectivity index (χ1v) is 6.27. The Hall–Kier alpha value is -2.80. The van der Waals surface area contributed by atoms with Crippen LogP contribution in [0.5, 0.6) is 11.5 Å². The molecule has 0 heterocycles. The van der Waals surface area contributed by atoms with Crippen LogP contribution in [0.25, 0.3) is 11.6 Å². The number of halogens is 1. The van der Waals surface area contributed by atoms with Crippen molar-refractivity contribution in [3.63, 3.8) is 0 Å². The van der Waals surface area contributed by atoms with Gasteiger partial charge in [0.2, 0.25) is 0 Å². The van der Waals surface area contributed by atoms with Gasteiger partial charge in [-0.05, 0) is 41.5 Å². The molecule has 0 N–H and O–H groups in total. The monoisotopic (exact) mass is 283 g/mol. The van der Waals surface area contributed by atoms with Crippen molar-refractivity contribution in [2.24, 2.45) is 0 Å². The Morgan fingerprint density at radius 2 is 1.86 bits per heavy atom. The summed E-state index contributed by atoms with van der Waals surface area (Å²) in [5.74, 6) is 0.808. The minimum Gasteiger partial charge on any atom is -0.493 e. The quantitative estimate of drug-likeness (QED) is 0.631. The third kappa shape index (κ3) is 3.40. The first-order chi connectivity index (χ1) is 10.2. The molecule has 2 rings (SSSR count). The van der Waals surface area contributed by atoms with Crippen molar-refractivity contribution in [2.45, 2.75) is 0 Å². The van der Waals surface area contributed by atoms with E-state index in [1.54, 1.807) is 50.6 Å². The molecule has 106 valence electrons. The number of nitrogens with zero attached hydrogens (tertiary/aromatic N) is 1. The van der Waals surface area contributed by atoms with Crippen LogP contribution in [-0.2, 0) is 0 Å². The molecule has 0 unspecified atom stereocenters. The van der Waals surface area contributed by atoms with E-state index in [1.165, 1.54) is 12.1 Å². The van der Waals surface area contributed by atoms with Gasteiger partial charge in [-0.25, -0.2) is 4.39 Å². The third-order valence-corrected chi connectivity index (χ3v) is 2.97. The fraction of sp³-hybridized carbons (Fsp3) is 0.118. The number of ether oxygens (including phenoxy) is 2. The molecule has 0 radical (unpaired) electrons. The average Bonchev–Trinajstić information content (AvgIpc) is 2.52. The van der Waals surface area contributed by atoms with Gasteiger partial charge in [0.25, 0.3) is 0 Å². The molecule has 0 saturated heterocycles. The van der Waals surface area contributed by atoms with Gasteiger partial charge in [-0.15, -0.1) is 0 Å². The van der Waals surface area contributed by atoms with Gasteiger partial charge in [0.05, 0.1) is 25.9 Å². The Morgan fingerprint density at radius 1 is 1.10 bits per heavy atom. The van der Waals surface area contributed by atoms with Gasteiger partial charge >= 0.3 is 0 Å². The number of hydrogen-bond donors (Lipinski definition) is 0. The number of nitriles is 1. The molecule has 0 amide bonds. The summed E-state index contributed by atoms with van der Waals surface area (Å²) < 4.78 is 23.6. The van der Waals surface area contributed by atoms with E-state index < -0.39 is 0 Å². The summed E-state index contributed by atoms with van der Waals surface area (Å²) >= 11 is 0. The molecule has 0 aliphatic rings. The molecule has 3 nitrogen and oxygen atoms in total. The minimum atomic E-state index is -0.374. The average molecular weight is 283 g/mol. The van der Waals surface area contributed by atoms with E-state index in [0.29, 0.717) is 22.6 Å². The van der Waals surface area contributed by atoms with Crippen LogP contribution in [0.4, 0.5) is 4.39 Å². The van der Waals surface area contributed by atoms with E-state index in [-0.39, 0.29) is 5.82 Å². The van der Waals surface area contributed by atoms with Crippen LogP contribution < -0.4 is 9.47 Å². The summed E-state index contributed by atoms with van der Waals surface area (Å²) in [6.45, 7) is 0. The van der Waals surface area contributed by atoms with Gasteiger partial charge in [-0.1, -0.05) is 18.2 Å². The maximum Gasteiger partial charge on any atom is 0.161 e. The molecule has 0 spiro atoms. The highest BCUT2D eigenvalue weighted by Crippen LogP contribution is 2.29. The van der Waals surface area contributed by atoms with Crippen molar-refractivity contribution in [3.8, 4) is 17.6 Å². The topological polar surface area (TPSA) is 42.2 Å². The molecule has 2 aromatic rings. The Bertz CT molecular complexity index is 717. The van der Waals surface area contributed by atoms with Crippen LogP contribution in [0.2, 0.25) is 0 Å². The van der Waals surface area contributed by atoms with Gasteiger partial charge in [-0.3, -0.25) is 0 Å². The zero-order chi connectivity index (χ0) is 15.2. The van der Waals surface area contributed by atoms with Gasteiger partial charge < -0.3 is 9.47 Å². The summed E-state index contributed by atoms with van der Waals surface area (Å²) in [5, 5.41) is 9.26. The maximum absolute atomic E-state index is 13.2. The number of methoxy groups -OCH3 is 2. The SMILES string of the molecule is COc1ccc(C=C(C#N)c2cccc(F)c2)cc1OC. The molecule has 0 bridgehead atoms. The highest BCUT2D eigenvalue weighted by molar-refractivity contribution is 5.89. The van der Waals surface area contributed by atoms with Gasteiger partial charge in [0.1, 0.15) is 5.82 Å². The lowest BCUT2D eigenvalue weighted by atomic mass is 10.0. The van der Waals surface area contributed by atoms with E-state index in [1.807, 2.05) is 0 Å². The molecule has 0 atom stereocenters. The molecule has 2 aromatic carbocycles. The smallest absolute Gasteiger partial charge is 0.161 e. The van der Waals surface area contributed by atoms with Gasteiger partial charge in [0, 0.05) is 0 Å². The Morgan fingerprint density at radius 3 is 2.48 bits per heavy atom. The highest BCUT2D eigenvalue weighted by Gasteiger charge is 2.06. The zero-order valence-corrected chi connectivity index (χ0v) is 11.8. The summed E-state index contributed by atoms with van der Waals surface area (Å²) in [5.41, 5.74) is 1.68. The van der Waals surface area contributed by atoms with Crippen molar-refractivity contribution < 1.29 is 13.9 Å². The standard InChI is InChI=1S/C17H14FNO2/c1-20-16-7-6-12(9-17(16)21-2)8-14(11-19)13-4-3-5-15(18)10-13/h3-10H,1-2H3. The van der Waals surface area contributed by atoms with Crippen molar-refractivity contribution in [3.05, 3.63) is 59.4 Å². The molecular weight excluding hydrogens is 269 g/mol. The summed E-state index contributed by atoms with van der Waals surface area (Å²) in [6, 6.07) is 13.3. The van der Waals surface area contributed by atoms with Crippen LogP contribution in [0.15, 0.2) is 42.5 Å². The van der Waals surface area contributed by atoms with Crippen molar-refractivity contribution >= 4 is 11.6 Å². The van der Waals surface area contributed by atoms with Crippen LogP contribution in [0.1, 0.15) is 11.1 Å². The van der Waals surface area contributed by atoms with Crippen LogP contribution in [0.3, 0.4) is 0 Å². The second kappa shape index (κ2) is 6.58. The van der Waals surface area contributed by atoms with Crippen LogP contribution >= 0.6 is 0 Å². The van der Waals surface area contributed by atoms with E-state index in [9.17, 15) is 9.65 Å². The summed E-state index contributed by atoms with van der Waals surface area (Å²) in [6.07, 6.45) is 1.68. The predicted octanol–water partition coefficient (Wildman–Crippen LogP) is 3.91. The first kappa shape index (κ1) is 14.6. The Balaban J connectivity index is 2.43. The highest BCUT2D eigenvalue weighted by atomic mass is 19.1. The lowest BCUT2D eigenvalue weighted by Gasteiger charge is -2.08. The minimum absolute atomic E-state index is 0.374.